The van der Waals surface area contributed by atoms with E-state index in [9.17, 15) is 14.3 Å². The smallest absolute Gasteiger partial charge is 0.255 e. The Morgan fingerprint density at radius 1 is 1.04 bits per heavy atom. The van der Waals surface area contributed by atoms with Crippen molar-refractivity contribution in [1.82, 2.24) is 0 Å². The molecule has 0 saturated carbocycles. The van der Waals surface area contributed by atoms with Crippen LogP contribution < -0.4 is 10.5 Å². The first-order valence-electron chi connectivity index (χ1n) is 8.30. The van der Waals surface area contributed by atoms with Crippen LogP contribution in [0.2, 0.25) is 10.0 Å². The van der Waals surface area contributed by atoms with E-state index in [1.165, 1.54) is 12.1 Å². The molecule has 1 amide bonds. The van der Waals surface area contributed by atoms with Gasteiger partial charge in [0, 0.05) is 22.0 Å². The highest BCUT2D eigenvalue weighted by Crippen LogP contribution is 2.35. The van der Waals surface area contributed by atoms with Crippen LogP contribution >= 0.6 is 23.2 Å². The van der Waals surface area contributed by atoms with E-state index in [0.717, 1.165) is 5.56 Å². The van der Waals surface area contributed by atoms with Crippen LogP contribution in [-0.2, 0) is 11.2 Å². The monoisotopic (exact) mass is 419 g/mol. The molecule has 0 fully saturated rings. The van der Waals surface area contributed by atoms with Gasteiger partial charge in [0.15, 0.2) is 6.61 Å². The van der Waals surface area contributed by atoms with Crippen LogP contribution in [-0.4, -0.2) is 17.6 Å². The number of nitrogens with two attached hydrogens (primary N) is 1. The molecule has 7 heteroatoms. The number of halogens is 3. The summed E-state index contributed by atoms with van der Waals surface area (Å²) in [5, 5.41) is 10.9. The molecule has 0 heterocycles. The van der Waals surface area contributed by atoms with Gasteiger partial charge in [0.2, 0.25) is 0 Å². The van der Waals surface area contributed by atoms with E-state index in [1.807, 2.05) is 0 Å². The van der Waals surface area contributed by atoms with Crippen molar-refractivity contribution in [3.8, 4) is 22.6 Å². The van der Waals surface area contributed by atoms with E-state index < -0.39 is 5.91 Å². The second-order valence-corrected chi connectivity index (χ2v) is 6.97. The van der Waals surface area contributed by atoms with Crippen molar-refractivity contribution in [3.05, 3.63) is 81.6 Å². The van der Waals surface area contributed by atoms with Crippen LogP contribution in [0.3, 0.4) is 0 Å². The van der Waals surface area contributed by atoms with Gasteiger partial charge in [-0.2, -0.15) is 0 Å². The summed E-state index contributed by atoms with van der Waals surface area (Å²) in [6.07, 6.45) is 0.405. The number of hydrogen-bond acceptors (Lipinski definition) is 3. The highest BCUT2D eigenvalue weighted by atomic mass is 35.5. The SMILES string of the molecule is NC(=O)COc1cc(Cl)c(Cc2ccc(O)c(-c3ccc(F)cc3)c2)c(Cl)c1. The summed E-state index contributed by atoms with van der Waals surface area (Å²) in [6, 6.07) is 14.1. The minimum Gasteiger partial charge on any atom is -0.507 e. The van der Waals surface area contributed by atoms with Gasteiger partial charge in [-0.3, -0.25) is 4.79 Å². The number of benzene rings is 3. The Kier molecular flexibility index (Phi) is 6.07. The summed E-state index contributed by atoms with van der Waals surface area (Å²) >= 11 is 12.7. The molecule has 0 spiro atoms. The lowest BCUT2D eigenvalue weighted by Gasteiger charge is -2.12. The van der Waals surface area contributed by atoms with Crippen LogP contribution in [0.25, 0.3) is 11.1 Å². The number of ether oxygens (including phenoxy) is 1. The van der Waals surface area contributed by atoms with Crippen LogP contribution in [0.5, 0.6) is 11.5 Å². The normalized spacial score (nSPS) is 10.7. The third-order valence-electron chi connectivity index (χ3n) is 4.09. The van der Waals surface area contributed by atoms with Crippen molar-refractivity contribution in [3.63, 3.8) is 0 Å². The van der Waals surface area contributed by atoms with Gasteiger partial charge in [-0.25, -0.2) is 4.39 Å². The van der Waals surface area contributed by atoms with E-state index in [0.29, 0.717) is 38.9 Å². The van der Waals surface area contributed by atoms with Gasteiger partial charge in [0.05, 0.1) is 0 Å². The highest BCUT2D eigenvalue weighted by molar-refractivity contribution is 6.36. The average molecular weight is 420 g/mol. The molecular weight excluding hydrogens is 404 g/mol. The lowest BCUT2D eigenvalue weighted by Crippen LogP contribution is -2.20. The topological polar surface area (TPSA) is 72.6 Å². The Bertz CT molecular complexity index is 1000. The third-order valence-corrected chi connectivity index (χ3v) is 4.77. The van der Waals surface area contributed by atoms with Crippen molar-refractivity contribution in [2.45, 2.75) is 6.42 Å². The molecule has 0 unspecified atom stereocenters. The number of aromatic hydroxyl groups is 1. The fourth-order valence-electron chi connectivity index (χ4n) is 2.74. The maximum atomic E-state index is 13.2. The number of hydrogen-bond donors (Lipinski definition) is 2. The maximum Gasteiger partial charge on any atom is 0.255 e. The van der Waals surface area contributed by atoms with Crippen LogP contribution in [0.4, 0.5) is 4.39 Å². The van der Waals surface area contributed by atoms with Crippen molar-refractivity contribution in [1.29, 1.82) is 0 Å². The van der Waals surface area contributed by atoms with E-state index in [4.69, 9.17) is 33.7 Å². The van der Waals surface area contributed by atoms with Crippen LogP contribution in [0.15, 0.2) is 54.6 Å². The molecule has 28 heavy (non-hydrogen) atoms. The molecule has 3 rings (SSSR count). The molecule has 3 aromatic carbocycles. The second-order valence-electron chi connectivity index (χ2n) is 6.16. The van der Waals surface area contributed by atoms with Gasteiger partial charge >= 0.3 is 0 Å². The molecule has 3 N–H and O–H groups in total. The van der Waals surface area contributed by atoms with Crippen molar-refractivity contribution >= 4 is 29.1 Å². The summed E-state index contributed by atoms with van der Waals surface area (Å²) in [7, 11) is 0. The van der Waals surface area contributed by atoms with E-state index in [2.05, 4.69) is 0 Å². The van der Waals surface area contributed by atoms with Crippen LogP contribution in [0, 0.1) is 5.82 Å². The Morgan fingerprint density at radius 3 is 2.29 bits per heavy atom. The first-order valence-corrected chi connectivity index (χ1v) is 9.06. The van der Waals surface area contributed by atoms with Gasteiger partial charge in [0.1, 0.15) is 17.3 Å². The first-order chi connectivity index (χ1) is 13.3. The molecule has 3 aromatic rings. The van der Waals surface area contributed by atoms with E-state index in [1.54, 1.807) is 42.5 Å². The Balaban J connectivity index is 1.88. The molecule has 0 aliphatic rings. The van der Waals surface area contributed by atoms with E-state index in [-0.39, 0.29) is 18.2 Å². The van der Waals surface area contributed by atoms with Crippen molar-refractivity contribution in [2.24, 2.45) is 5.73 Å². The zero-order chi connectivity index (χ0) is 20.3. The molecule has 0 aromatic heterocycles. The fourth-order valence-corrected chi connectivity index (χ4v) is 3.35. The highest BCUT2D eigenvalue weighted by Gasteiger charge is 2.13. The summed E-state index contributed by atoms with van der Waals surface area (Å²) in [6.45, 7) is -0.273. The van der Waals surface area contributed by atoms with Gasteiger partial charge in [-0.1, -0.05) is 41.4 Å². The molecule has 144 valence electrons. The molecule has 0 bridgehead atoms. The quantitative estimate of drug-likeness (QED) is 0.592. The molecule has 0 saturated heterocycles. The van der Waals surface area contributed by atoms with Gasteiger partial charge < -0.3 is 15.6 Å². The van der Waals surface area contributed by atoms with Gasteiger partial charge in [-0.15, -0.1) is 0 Å². The number of phenols is 1. The lowest BCUT2D eigenvalue weighted by molar-refractivity contribution is -0.119. The Morgan fingerprint density at radius 2 is 1.68 bits per heavy atom. The lowest BCUT2D eigenvalue weighted by atomic mass is 9.98. The summed E-state index contributed by atoms with van der Waals surface area (Å²) in [4.78, 5) is 10.8. The number of amides is 1. The van der Waals surface area contributed by atoms with Crippen LogP contribution in [0.1, 0.15) is 11.1 Å². The molecule has 0 aliphatic heterocycles. The largest absolute Gasteiger partial charge is 0.507 e. The predicted molar refractivity (Wildman–Crippen MR) is 107 cm³/mol. The number of carbonyl (C=O) groups is 1. The van der Waals surface area contributed by atoms with Gasteiger partial charge in [-0.05, 0) is 53.1 Å². The molecular formula is C21H16Cl2FNO3. The minimum atomic E-state index is -0.603. The summed E-state index contributed by atoms with van der Waals surface area (Å²) in [5.41, 5.74) is 7.85. The van der Waals surface area contributed by atoms with Crippen molar-refractivity contribution < 1.29 is 19.0 Å². The fraction of sp³-hybridized carbons (Fsp3) is 0.0952. The second kappa shape index (κ2) is 8.50. The maximum absolute atomic E-state index is 13.2. The number of rotatable bonds is 6. The summed E-state index contributed by atoms with van der Waals surface area (Å²) < 4.78 is 18.4. The first kappa shape index (κ1) is 20.0. The number of carbonyl (C=O) groups excluding carboxylic acids is 1. The van der Waals surface area contributed by atoms with Crippen molar-refractivity contribution in [2.75, 3.05) is 6.61 Å². The van der Waals surface area contributed by atoms with Gasteiger partial charge in [0.25, 0.3) is 5.91 Å². The summed E-state index contributed by atoms with van der Waals surface area (Å²) in [5.74, 6) is -0.525. The standard InChI is InChI=1S/C21H16Cl2FNO3/c22-18-9-15(28-11-21(25)27)10-19(23)17(18)8-12-1-6-20(26)16(7-12)13-2-4-14(24)5-3-13/h1-7,9-10,26H,8,11H2,(H2,25,27). The molecule has 4 nitrogen and oxygen atoms in total. The number of primary amides is 1. The Hall–Kier alpha value is -2.76. The zero-order valence-corrected chi connectivity index (χ0v) is 16.1. The molecule has 0 atom stereocenters. The average Bonchev–Trinajstić information content (AvgIpc) is 2.65. The molecule has 0 radical (unpaired) electrons. The zero-order valence-electron chi connectivity index (χ0n) is 14.6. The number of phenolic OH excluding ortho intramolecular Hbond substituents is 1. The third kappa shape index (κ3) is 4.74. The molecule has 0 aliphatic carbocycles. The van der Waals surface area contributed by atoms with E-state index >= 15 is 0 Å². The Labute approximate surface area is 171 Å². The predicted octanol–water partition coefficient (Wildman–Crippen LogP) is 4.96. The minimum absolute atomic E-state index is 0.0859.